The molecule has 0 aromatic heterocycles. The number of nitrogens with one attached hydrogen (secondary N) is 3. The lowest BCUT2D eigenvalue weighted by molar-refractivity contribution is -0.138. The van der Waals surface area contributed by atoms with Gasteiger partial charge in [0.15, 0.2) is 0 Å². The first-order chi connectivity index (χ1) is 12.8. The smallest absolute Gasteiger partial charge is 0.325 e. The van der Waals surface area contributed by atoms with Gasteiger partial charge in [0.2, 0.25) is 11.8 Å². The van der Waals surface area contributed by atoms with Crippen LogP contribution >= 0.6 is 0 Å². The highest BCUT2D eigenvalue weighted by Gasteiger charge is 2.31. The highest BCUT2D eigenvalue weighted by molar-refractivity contribution is 5.99. The molecule has 2 unspecified atom stereocenters. The van der Waals surface area contributed by atoms with Crippen LogP contribution in [0.2, 0.25) is 0 Å². The first-order valence-electron chi connectivity index (χ1n) is 8.99. The lowest BCUT2D eigenvalue weighted by Crippen LogP contribution is -2.47. The van der Waals surface area contributed by atoms with E-state index in [1.54, 1.807) is 12.1 Å². The molecule has 0 spiro atoms. The highest BCUT2D eigenvalue weighted by Crippen LogP contribution is 2.28. The Kier molecular flexibility index (Phi) is 6.92. The minimum atomic E-state index is -1.12. The molecule has 4 N–H and O–H groups in total. The third-order valence-corrected chi connectivity index (χ3v) is 4.65. The van der Waals surface area contributed by atoms with Crippen molar-refractivity contribution in [2.45, 2.75) is 51.6 Å². The summed E-state index contributed by atoms with van der Waals surface area (Å²) in [5, 5.41) is 16.7. The summed E-state index contributed by atoms with van der Waals surface area (Å²) in [5.74, 6) is -2.04. The van der Waals surface area contributed by atoms with E-state index in [0.717, 1.165) is 25.7 Å². The molecule has 1 aliphatic rings. The van der Waals surface area contributed by atoms with Crippen LogP contribution in [0.1, 0.15) is 49.9 Å². The van der Waals surface area contributed by atoms with Gasteiger partial charge in [-0.1, -0.05) is 12.8 Å². The van der Waals surface area contributed by atoms with Crippen LogP contribution in [-0.4, -0.2) is 40.9 Å². The minimum Gasteiger partial charge on any atom is -0.480 e. The number of hydrogen-bond acceptors (Lipinski definition) is 4. The second-order valence-corrected chi connectivity index (χ2v) is 6.82. The van der Waals surface area contributed by atoms with Crippen LogP contribution in [0.5, 0.6) is 0 Å². The van der Waals surface area contributed by atoms with Crippen LogP contribution in [0, 0.1) is 5.92 Å². The van der Waals surface area contributed by atoms with Crippen molar-refractivity contribution in [2.75, 3.05) is 5.32 Å². The normalized spacial score (nSPS) is 16.2. The zero-order valence-corrected chi connectivity index (χ0v) is 15.5. The van der Waals surface area contributed by atoms with Gasteiger partial charge in [-0.3, -0.25) is 19.2 Å². The van der Waals surface area contributed by atoms with Gasteiger partial charge in [0.25, 0.3) is 5.91 Å². The van der Waals surface area contributed by atoms with Gasteiger partial charge in [-0.25, -0.2) is 0 Å². The number of rotatable bonds is 7. The maximum absolute atomic E-state index is 12.6. The molecular weight excluding hydrogens is 350 g/mol. The fraction of sp³-hybridized carbons (Fsp3) is 0.474. The first kappa shape index (κ1) is 20.4. The van der Waals surface area contributed by atoms with E-state index < -0.39 is 24.0 Å². The van der Waals surface area contributed by atoms with Crippen LogP contribution in [0.3, 0.4) is 0 Å². The quantitative estimate of drug-likeness (QED) is 0.575. The van der Waals surface area contributed by atoms with E-state index in [-0.39, 0.29) is 23.3 Å². The summed E-state index contributed by atoms with van der Waals surface area (Å²) in [7, 11) is 0. The summed E-state index contributed by atoms with van der Waals surface area (Å²) < 4.78 is 0. The Labute approximate surface area is 157 Å². The Bertz CT molecular complexity index is 711. The largest absolute Gasteiger partial charge is 0.480 e. The van der Waals surface area contributed by atoms with Crippen molar-refractivity contribution in [3.63, 3.8) is 0 Å². The molecule has 0 aliphatic heterocycles. The molecule has 2 rings (SSSR count). The number of carbonyl (C=O) groups is 4. The topological polar surface area (TPSA) is 125 Å². The lowest BCUT2D eigenvalue weighted by Gasteiger charge is -2.23. The van der Waals surface area contributed by atoms with Crippen LogP contribution in [0.15, 0.2) is 24.3 Å². The van der Waals surface area contributed by atoms with Gasteiger partial charge in [-0.05, 0) is 49.9 Å². The third kappa shape index (κ3) is 5.80. The van der Waals surface area contributed by atoms with Gasteiger partial charge in [-0.15, -0.1) is 0 Å². The molecule has 8 heteroatoms. The molecule has 3 amide bonds. The summed E-state index contributed by atoms with van der Waals surface area (Å²) in [6.45, 7) is 2.76. The van der Waals surface area contributed by atoms with Crippen LogP contribution in [0.25, 0.3) is 0 Å². The van der Waals surface area contributed by atoms with Crippen molar-refractivity contribution < 1.29 is 24.3 Å². The number of anilines is 1. The van der Waals surface area contributed by atoms with Crippen LogP contribution < -0.4 is 16.0 Å². The fourth-order valence-corrected chi connectivity index (χ4v) is 3.17. The summed E-state index contributed by atoms with van der Waals surface area (Å²) >= 11 is 0. The minimum absolute atomic E-state index is 0.122. The summed E-state index contributed by atoms with van der Waals surface area (Å²) in [6, 6.07) is 4.56. The Morgan fingerprint density at radius 3 is 2.15 bits per heavy atom. The Morgan fingerprint density at radius 2 is 1.63 bits per heavy atom. The van der Waals surface area contributed by atoms with E-state index in [1.807, 2.05) is 0 Å². The number of carboxylic acid groups (broad SMARTS) is 1. The van der Waals surface area contributed by atoms with Crippen molar-refractivity contribution >= 4 is 29.4 Å². The maximum atomic E-state index is 12.6. The van der Waals surface area contributed by atoms with Gasteiger partial charge in [0, 0.05) is 18.2 Å². The average Bonchev–Trinajstić information content (AvgIpc) is 3.14. The molecule has 1 aromatic rings. The standard InChI is InChI=1S/C19H25N3O5/c1-11(19(26)27)20-17(24)14-7-9-15(10-8-14)22-18(25)16(21-12(2)23)13-5-3-4-6-13/h7-11,13,16H,3-6H2,1-2H3,(H,20,24)(H,21,23)(H,22,25)(H,26,27). The number of amides is 3. The van der Waals surface area contributed by atoms with Gasteiger partial charge in [0.05, 0.1) is 0 Å². The van der Waals surface area contributed by atoms with Gasteiger partial charge >= 0.3 is 5.97 Å². The highest BCUT2D eigenvalue weighted by atomic mass is 16.4. The maximum Gasteiger partial charge on any atom is 0.325 e. The second kappa shape index (κ2) is 9.16. The second-order valence-electron chi connectivity index (χ2n) is 6.82. The third-order valence-electron chi connectivity index (χ3n) is 4.65. The van der Waals surface area contributed by atoms with Gasteiger partial charge < -0.3 is 21.1 Å². The monoisotopic (exact) mass is 375 g/mol. The summed E-state index contributed by atoms with van der Waals surface area (Å²) in [5.41, 5.74) is 0.784. The zero-order valence-electron chi connectivity index (χ0n) is 15.5. The number of hydrogen-bond donors (Lipinski definition) is 4. The molecule has 146 valence electrons. The molecule has 0 radical (unpaired) electrons. The van der Waals surface area contributed by atoms with Crippen LogP contribution in [-0.2, 0) is 14.4 Å². The molecule has 0 saturated heterocycles. The first-order valence-corrected chi connectivity index (χ1v) is 8.99. The molecule has 0 heterocycles. The van der Waals surface area contributed by atoms with Crippen molar-refractivity contribution in [3.8, 4) is 0 Å². The van der Waals surface area contributed by atoms with Gasteiger partial charge in [-0.2, -0.15) is 0 Å². The van der Waals surface area contributed by atoms with Crippen molar-refractivity contribution in [3.05, 3.63) is 29.8 Å². The van der Waals surface area contributed by atoms with E-state index >= 15 is 0 Å². The Balaban J connectivity index is 2.01. The SMILES string of the molecule is CC(=O)NC(C(=O)Nc1ccc(C(=O)NC(C)C(=O)O)cc1)C1CCCC1. The summed E-state index contributed by atoms with van der Waals surface area (Å²) in [4.78, 5) is 46.8. The lowest BCUT2D eigenvalue weighted by atomic mass is 9.97. The van der Waals surface area contributed by atoms with E-state index in [9.17, 15) is 19.2 Å². The van der Waals surface area contributed by atoms with Crippen molar-refractivity contribution in [2.24, 2.45) is 5.92 Å². The predicted molar refractivity (Wildman–Crippen MR) is 99.2 cm³/mol. The average molecular weight is 375 g/mol. The fourth-order valence-electron chi connectivity index (χ4n) is 3.17. The molecular formula is C19H25N3O5. The number of carbonyl (C=O) groups excluding carboxylic acids is 3. The zero-order chi connectivity index (χ0) is 20.0. The van der Waals surface area contributed by atoms with E-state index in [1.165, 1.54) is 26.0 Å². The molecule has 1 aromatic carbocycles. The molecule has 2 atom stereocenters. The van der Waals surface area contributed by atoms with E-state index in [0.29, 0.717) is 5.69 Å². The van der Waals surface area contributed by atoms with E-state index in [4.69, 9.17) is 5.11 Å². The molecule has 27 heavy (non-hydrogen) atoms. The predicted octanol–water partition coefficient (Wildman–Crippen LogP) is 1.52. The number of carboxylic acids is 1. The molecule has 1 aliphatic carbocycles. The Morgan fingerprint density at radius 1 is 1.04 bits per heavy atom. The molecule has 1 saturated carbocycles. The molecule has 8 nitrogen and oxygen atoms in total. The molecule has 1 fully saturated rings. The van der Waals surface area contributed by atoms with Crippen molar-refractivity contribution in [1.29, 1.82) is 0 Å². The van der Waals surface area contributed by atoms with Crippen LogP contribution in [0.4, 0.5) is 5.69 Å². The Hall–Kier alpha value is -2.90. The number of aliphatic carboxylic acids is 1. The van der Waals surface area contributed by atoms with Crippen molar-refractivity contribution in [1.82, 2.24) is 10.6 Å². The number of benzene rings is 1. The molecule has 0 bridgehead atoms. The van der Waals surface area contributed by atoms with E-state index in [2.05, 4.69) is 16.0 Å². The summed E-state index contributed by atoms with van der Waals surface area (Å²) in [6.07, 6.45) is 3.90. The van der Waals surface area contributed by atoms with Gasteiger partial charge in [0.1, 0.15) is 12.1 Å².